The van der Waals surface area contributed by atoms with Gasteiger partial charge in [-0.3, -0.25) is 29.1 Å². The molecular formula is C16H16N4O5. The highest BCUT2D eigenvalue weighted by atomic mass is 16.6. The van der Waals surface area contributed by atoms with E-state index in [0.717, 1.165) is 16.7 Å². The summed E-state index contributed by atoms with van der Waals surface area (Å²) >= 11 is 0. The van der Waals surface area contributed by atoms with Crippen molar-refractivity contribution in [3.63, 3.8) is 0 Å². The van der Waals surface area contributed by atoms with Crippen LogP contribution in [-0.4, -0.2) is 21.3 Å². The topological polar surface area (TPSA) is 123 Å². The lowest BCUT2D eigenvalue weighted by Gasteiger charge is -2.11. The SMILES string of the molecule is CC(=O)Nc1ccc(NC(=O)Cn2c(C)c([N+](=O)[O-])ccc2=O)cc1. The van der Waals surface area contributed by atoms with Crippen LogP contribution in [0.2, 0.25) is 0 Å². The summed E-state index contributed by atoms with van der Waals surface area (Å²) in [7, 11) is 0. The van der Waals surface area contributed by atoms with Gasteiger partial charge in [-0.15, -0.1) is 0 Å². The second-order valence-corrected chi connectivity index (χ2v) is 5.29. The van der Waals surface area contributed by atoms with Crippen molar-refractivity contribution in [2.45, 2.75) is 20.4 Å². The molecule has 25 heavy (non-hydrogen) atoms. The Balaban J connectivity index is 2.13. The predicted molar refractivity (Wildman–Crippen MR) is 91.5 cm³/mol. The molecule has 1 aromatic heterocycles. The normalized spacial score (nSPS) is 10.2. The van der Waals surface area contributed by atoms with Crippen molar-refractivity contribution >= 4 is 28.9 Å². The number of hydrogen-bond acceptors (Lipinski definition) is 5. The zero-order chi connectivity index (χ0) is 18.6. The van der Waals surface area contributed by atoms with Crippen LogP contribution in [0.1, 0.15) is 12.6 Å². The molecule has 0 aliphatic heterocycles. The molecule has 0 aliphatic carbocycles. The van der Waals surface area contributed by atoms with Crippen molar-refractivity contribution in [3.05, 3.63) is 62.6 Å². The van der Waals surface area contributed by atoms with Crippen LogP contribution in [0, 0.1) is 17.0 Å². The van der Waals surface area contributed by atoms with Crippen LogP contribution in [0.3, 0.4) is 0 Å². The van der Waals surface area contributed by atoms with Crippen LogP contribution in [0.25, 0.3) is 0 Å². The monoisotopic (exact) mass is 344 g/mol. The quantitative estimate of drug-likeness (QED) is 0.631. The smallest absolute Gasteiger partial charge is 0.288 e. The number of carbonyl (C=O) groups is 2. The molecule has 0 atom stereocenters. The second-order valence-electron chi connectivity index (χ2n) is 5.29. The molecule has 9 heteroatoms. The molecule has 0 spiro atoms. The Hall–Kier alpha value is -3.49. The Morgan fingerprint density at radius 1 is 1.08 bits per heavy atom. The molecule has 1 aromatic carbocycles. The molecule has 0 unspecified atom stereocenters. The molecule has 130 valence electrons. The maximum Gasteiger partial charge on any atom is 0.288 e. The van der Waals surface area contributed by atoms with Gasteiger partial charge in [0.1, 0.15) is 6.54 Å². The summed E-state index contributed by atoms with van der Waals surface area (Å²) in [6.07, 6.45) is 0. The average molecular weight is 344 g/mol. The van der Waals surface area contributed by atoms with Gasteiger partial charge in [0.2, 0.25) is 11.8 Å². The minimum atomic E-state index is -0.607. The van der Waals surface area contributed by atoms with Crippen molar-refractivity contribution in [2.75, 3.05) is 10.6 Å². The molecule has 0 aliphatic rings. The molecule has 1 heterocycles. The predicted octanol–water partition coefficient (Wildman–Crippen LogP) is 1.66. The summed E-state index contributed by atoms with van der Waals surface area (Å²) < 4.78 is 1.04. The minimum Gasteiger partial charge on any atom is -0.326 e. The summed E-state index contributed by atoms with van der Waals surface area (Å²) in [4.78, 5) is 45.3. The summed E-state index contributed by atoms with van der Waals surface area (Å²) in [5.74, 6) is -0.713. The molecule has 2 rings (SSSR count). The highest BCUT2D eigenvalue weighted by Gasteiger charge is 2.16. The summed E-state index contributed by atoms with van der Waals surface area (Å²) in [5.41, 5.74) is 0.423. The van der Waals surface area contributed by atoms with E-state index in [1.54, 1.807) is 24.3 Å². The first-order valence-electron chi connectivity index (χ1n) is 7.30. The maximum absolute atomic E-state index is 12.1. The van der Waals surface area contributed by atoms with Gasteiger partial charge in [0.05, 0.1) is 10.6 Å². The average Bonchev–Trinajstić information content (AvgIpc) is 2.52. The zero-order valence-corrected chi connectivity index (χ0v) is 13.6. The van der Waals surface area contributed by atoms with Gasteiger partial charge in [0.25, 0.3) is 11.2 Å². The van der Waals surface area contributed by atoms with Gasteiger partial charge < -0.3 is 10.6 Å². The molecule has 9 nitrogen and oxygen atoms in total. The fraction of sp³-hybridized carbons (Fsp3) is 0.188. The first kappa shape index (κ1) is 17.9. The number of nitrogens with one attached hydrogen (secondary N) is 2. The summed E-state index contributed by atoms with van der Waals surface area (Å²) in [6.45, 7) is 2.45. The van der Waals surface area contributed by atoms with E-state index >= 15 is 0 Å². The number of rotatable bonds is 5. The summed E-state index contributed by atoms with van der Waals surface area (Å²) in [5, 5.41) is 16.1. The molecule has 0 fully saturated rings. The molecule has 0 saturated carbocycles. The zero-order valence-electron chi connectivity index (χ0n) is 13.6. The molecular weight excluding hydrogens is 328 g/mol. The number of nitrogens with zero attached hydrogens (tertiary/aromatic N) is 2. The minimum absolute atomic E-state index is 0.105. The Morgan fingerprint density at radius 2 is 1.64 bits per heavy atom. The van der Waals surface area contributed by atoms with Crippen molar-refractivity contribution in [3.8, 4) is 0 Å². The number of benzene rings is 1. The third-order valence-corrected chi connectivity index (χ3v) is 3.41. The standard InChI is InChI=1S/C16H16N4O5/c1-10-14(20(24)25)7-8-16(23)19(10)9-15(22)18-13-5-3-12(4-6-13)17-11(2)21/h3-8H,9H2,1-2H3,(H,17,21)(H,18,22). The van der Waals surface area contributed by atoms with E-state index in [4.69, 9.17) is 0 Å². The molecule has 0 radical (unpaired) electrons. The number of anilines is 2. The van der Waals surface area contributed by atoms with Gasteiger partial charge >= 0.3 is 0 Å². The van der Waals surface area contributed by atoms with Crippen LogP contribution >= 0.6 is 0 Å². The molecule has 2 amide bonds. The highest BCUT2D eigenvalue weighted by molar-refractivity contribution is 5.92. The number of amides is 2. The van der Waals surface area contributed by atoms with Gasteiger partial charge in [0.15, 0.2) is 0 Å². The molecule has 2 N–H and O–H groups in total. The van der Waals surface area contributed by atoms with Crippen LogP contribution in [0.4, 0.5) is 17.1 Å². The lowest BCUT2D eigenvalue weighted by molar-refractivity contribution is -0.386. The van der Waals surface area contributed by atoms with E-state index in [2.05, 4.69) is 10.6 Å². The van der Waals surface area contributed by atoms with E-state index in [0.29, 0.717) is 11.4 Å². The van der Waals surface area contributed by atoms with E-state index in [1.165, 1.54) is 13.8 Å². The van der Waals surface area contributed by atoms with E-state index in [1.807, 2.05) is 0 Å². The number of nitro groups is 1. The van der Waals surface area contributed by atoms with Crippen molar-refractivity contribution < 1.29 is 14.5 Å². The molecule has 0 bridgehead atoms. The Morgan fingerprint density at radius 3 is 2.16 bits per heavy atom. The second kappa shape index (κ2) is 7.39. The van der Waals surface area contributed by atoms with Crippen LogP contribution in [-0.2, 0) is 16.1 Å². The number of hydrogen-bond donors (Lipinski definition) is 2. The summed E-state index contributed by atoms with van der Waals surface area (Å²) in [6, 6.07) is 8.58. The lowest BCUT2D eigenvalue weighted by Crippen LogP contribution is -2.29. The number of carbonyl (C=O) groups excluding carboxylic acids is 2. The largest absolute Gasteiger partial charge is 0.326 e. The molecule has 2 aromatic rings. The number of pyridine rings is 1. The highest BCUT2D eigenvalue weighted by Crippen LogP contribution is 2.16. The van der Waals surface area contributed by atoms with Gasteiger partial charge in [0, 0.05) is 30.4 Å². The van der Waals surface area contributed by atoms with Crippen LogP contribution in [0.15, 0.2) is 41.2 Å². The van der Waals surface area contributed by atoms with Crippen molar-refractivity contribution in [1.82, 2.24) is 4.57 Å². The van der Waals surface area contributed by atoms with Gasteiger partial charge in [-0.25, -0.2) is 0 Å². The first-order chi connectivity index (χ1) is 11.8. The van der Waals surface area contributed by atoms with E-state index in [-0.39, 0.29) is 23.8 Å². The lowest BCUT2D eigenvalue weighted by atomic mass is 10.2. The van der Waals surface area contributed by atoms with Crippen LogP contribution < -0.4 is 16.2 Å². The third-order valence-electron chi connectivity index (χ3n) is 3.41. The molecule has 0 saturated heterocycles. The van der Waals surface area contributed by atoms with Crippen LogP contribution in [0.5, 0.6) is 0 Å². The maximum atomic E-state index is 12.1. The third kappa shape index (κ3) is 4.50. The van der Waals surface area contributed by atoms with Gasteiger partial charge in [-0.1, -0.05) is 0 Å². The Kier molecular flexibility index (Phi) is 5.28. The van der Waals surface area contributed by atoms with E-state index in [9.17, 15) is 24.5 Å². The van der Waals surface area contributed by atoms with Crippen molar-refractivity contribution in [1.29, 1.82) is 0 Å². The fourth-order valence-corrected chi connectivity index (χ4v) is 2.24. The van der Waals surface area contributed by atoms with E-state index < -0.39 is 16.4 Å². The Labute approximate surface area is 142 Å². The fourth-order valence-electron chi connectivity index (χ4n) is 2.24. The van der Waals surface area contributed by atoms with Crippen molar-refractivity contribution in [2.24, 2.45) is 0 Å². The Bertz CT molecular complexity index is 886. The first-order valence-corrected chi connectivity index (χ1v) is 7.30. The van der Waals surface area contributed by atoms with Gasteiger partial charge in [-0.05, 0) is 31.2 Å². The van der Waals surface area contributed by atoms with Gasteiger partial charge in [-0.2, -0.15) is 0 Å². The number of aromatic nitrogens is 1.